The lowest BCUT2D eigenvalue weighted by Gasteiger charge is -2.14. The van der Waals surface area contributed by atoms with Crippen LogP contribution in [0.2, 0.25) is 0 Å². The molecule has 0 aliphatic heterocycles. The van der Waals surface area contributed by atoms with Crippen molar-refractivity contribution in [1.82, 2.24) is 34.1 Å². The number of fused-ring (bicyclic) bond motifs is 16. The van der Waals surface area contributed by atoms with Crippen LogP contribution >= 0.6 is 0 Å². The monoisotopic (exact) mass is 1200 g/mol. The van der Waals surface area contributed by atoms with Gasteiger partial charge in [-0.25, -0.2) is 24.9 Å². The van der Waals surface area contributed by atoms with E-state index in [1.54, 1.807) is 0 Å². The zero-order valence-corrected chi connectivity index (χ0v) is 51.4. The van der Waals surface area contributed by atoms with E-state index in [0.29, 0.717) is 17.5 Å². The standard InChI is InChI=1S/C87H55N7/c1-93-81-31-12-11-29-79(81)88-86(93)63-20-13-18-55(45-63)57-38-41-74-75-42-39-58(50-77(75)72-27-10-9-26-71(72)76(74)49-57)56-19-14-21-64(46-56)87-89-80-30-15-28-66(82(80)94(87)2)59-35-32-53-34-37-61(48-65(53)47-59)84-90-83(60-36-33-52-16-3-4-17-54(52)44-60)91-85(92-84)62-40-43-73-69-24-6-5-22-67(69)68-23-7-8-25-70(68)78(73)51-62/h3-51H,1-2H3. The van der Waals surface area contributed by atoms with Crippen LogP contribution in [0.15, 0.2) is 297 Å². The minimum atomic E-state index is 0.610. The van der Waals surface area contributed by atoms with Gasteiger partial charge in [0.2, 0.25) is 0 Å². The molecule has 0 radical (unpaired) electrons. The number of benzene rings is 16. The van der Waals surface area contributed by atoms with Crippen molar-refractivity contribution in [2.45, 2.75) is 0 Å². The number of aromatic nitrogens is 7. The maximum Gasteiger partial charge on any atom is 0.164 e. The predicted octanol–water partition coefficient (Wildman–Crippen LogP) is 22.2. The summed E-state index contributed by atoms with van der Waals surface area (Å²) in [6.07, 6.45) is 0. The Morgan fingerprint density at radius 2 is 0.574 bits per heavy atom. The Hall–Kier alpha value is -12.5. The number of imidazole rings is 2. The minimum Gasteiger partial charge on any atom is -0.327 e. The molecular formula is C87H55N7. The van der Waals surface area contributed by atoms with Crippen molar-refractivity contribution in [1.29, 1.82) is 0 Å². The van der Waals surface area contributed by atoms with Gasteiger partial charge in [-0.2, -0.15) is 0 Å². The van der Waals surface area contributed by atoms with Crippen LogP contribution in [0, 0.1) is 0 Å². The molecule has 0 N–H and O–H groups in total. The summed E-state index contributed by atoms with van der Waals surface area (Å²) in [6.45, 7) is 0. The molecule has 0 fully saturated rings. The lowest BCUT2D eigenvalue weighted by Crippen LogP contribution is -2.00. The van der Waals surface area contributed by atoms with Gasteiger partial charge >= 0.3 is 0 Å². The maximum atomic E-state index is 5.37. The van der Waals surface area contributed by atoms with Gasteiger partial charge in [-0.05, 0) is 181 Å². The Bertz CT molecular complexity index is 6350. The highest BCUT2D eigenvalue weighted by Crippen LogP contribution is 2.43. The van der Waals surface area contributed by atoms with Crippen LogP contribution in [0.3, 0.4) is 0 Å². The summed E-state index contributed by atoms with van der Waals surface area (Å²) in [5.41, 5.74) is 15.8. The van der Waals surface area contributed by atoms with E-state index >= 15 is 0 Å². The summed E-state index contributed by atoms with van der Waals surface area (Å²) >= 11 is 0. The van der Waals surface area contributed by atoms with E-state index in [0.717, 1.165) is 116 Å². The minimum absolute atomic E-state index is 0.610. The molecular weight excluding hydrogens is 1140 g/mol. The molecule has 0 amide bonds. The Balaban J connectivity index is 0.669. The third kappa shape index (κ3) is 8.63. The molecule has 0 saturated heterocycles. The second-order valence-corrected chi connectivity index (χ2v) is 24.9. The molecule has 94 heavy (non-hydrogen) atoms. The number of rotatable bonds is 8. The molecule has 0 aliphatic carbocycles. The second kappa shape index (κ2) is 21.1. The van der Waals surface area contributed by atoms with Crippen molar-refractivity contribution >= 4 is 108 Å². The molecule has 3 heterocycles. The summed E-state index contributed by atoms with van der Waals surface area (Å²) in [6, 6.07) is 107. The van der Waals surface area contributed by atoms with Crippen molar-refractivity contribution in [2.24, 2.45) is 14.1 Å². The van der Waals surface area contributed by atoms with Crippen LogP contribution in [-0.2, 0) is 14.1 Å². The SMILES string of the molecule is Cn1c(-c2cccc(-c3ccc4c5ccc(-c6cccc(-c7nc8cccc(-c9ccc%10ccc(-c%11nc(-c%12ccc%13ccccc%13c%12)nc(-c%12ccc%13c%14ccccc%14c%14ccccc%14c%13c%12)n%11)cc%10c9)c8n7C)c6)cc5c5ccccc5c4c3)c2)nc2ccccc21. The van der Waals surface area contributed by atoms with Gasteiger partial charge in [0.15, 0.2) is 17.5 Å². The lowest BCUT2D eigenvalue weighted by atomic mass is 9.90. The second-order valence-electron chi connectivity index (χ2n) is 24.9. The van der Waals surface area contributed by atoms with E-state index in [4.69, 9.17) is 24.9 Å². The van der Waals surface area contributed by atoms with E-state index in [9.17, 15) is 0 Å². The third-order valence-electron chi connectivity index (χ3n) is 19.5. The summed E-state index contributed by atoms with van der Waals surface area (Å²) in [7, 11) is 4.24. The smallest absolute Gasteiger partial charge is 0.164 e. The average Bonchev–Trinajstić information content (AvgIpc) is 0.970. The van der Waals surface area contributed by atoms with Crippen LogP contribution < -0.4 is 0 Å². The van der Waals surface area contributed by atoms with E-state index < -0.39 is 0 Å². The van der Waals surface area contributed by atoms with Crippen LogP contribution in [0.4, 0.5) is 0 Å². The van der Waals surface area contributed by atoms with Gasteiger partial charge in [-0.3, -0.25) is 0 Å². The Morgan fingerprint density at radius 3 is 1.14 bits per heavy atom. The van der Waals surface area contributed by atoms with E-state index in [1.807, 2.05) is 6.07 Å². The van der Waals surface area contributed by atoms with Crippen LogP contribution in [0.1, 0.15) is 0 Å². The Kier molecular flexibility index (Phi) is 12.0. The fourth-order valence-corrected chi connectivity index (χ4v) is 14.8. The summed E-state index contributed by atoms with van der Waals surface area (Å²) in [4.78, 5) is 26.3. The van der Waals surface area contributed by atoms with Gasteiger partial charge in [-0.1, -0.05) is 231 Å². The fourth-order valence-electron chi connectivity index (χ4n) is 14.8. The Labute approximate surface area is 540 Å². The van der Waals surface area contributed by atoms with Gasteiger partial charge in [0.25, 0.3) is 0 Å². The van der Waals surface area contributed by atoms with E-state index in [2.05, 4.69) is 314 Å². The van der Waals surface area contributed by atoms with Gasteiger partial charge in [-0.15, -0.1) is 0 Å². The Morgan fingerprint density at radius 1 is 0.213 bits per heavy atom. The predicted molar refractivity (Wildman–Crippen MR) is 392 cm³/mol. The van der Waals surface area contributed by atoms with Gasteiger partial charge < -0.3 is 9.13 Å². The zero-order valence-electron chi connectivity index (χ0n) is 51.4. The van der Waals surface area contributed by atoms with Gasteiger partial charge in [0.1, 0.15) is 11.6 Å². The van der Waals surface area contributed by atoms with Crippen molar-refractivity contribution in [3.63, 3.8) is 0 Å². The van der Waals surface area contributed by atoms with E-state index in [-0.39, 0.29) is 0 Å². The fraction of sp³-hybridized carbons (Fsp3) is 0.0230. The van der Waals surface area contributed by atoms with Gasteiger partial charge in [0, 0.05) is 47.5 Å². The number of nitrogens with zero attached hydrogens (tertiary/aromatic N) is 7. The zero-order chi connectivity index (χ0) is 62.1. The molecule has 3 aromatic heterocycles. The molecule has 7 heteroatoms. The number of hydrogen-bond donors (Lipinski definition) is 0. The molecule has 0 atom stereocenters. The molecule has 0 saturated carbocycles. The number of hydrogen-bond acceptors (Lipinski definition) is 5. The first-order valence-electron chi connectivity index (χ1n) is 32.0. The highest BCUT2D eigenvalue weighted by molar-refractivity contribution is 6.27. The van der Waals surface area contributed by atoms with E-state index in [1.165, 1.54) is 64.8 Å². The van der Waals surface area contributed by atoms with Crippen molar-refractivity contribution in [2.75, 3.05) is 0 Å². The summed E-state index contributed by atoms with van der Waals surface area (Å²) in [5.74, 6) is 3.71. The topological polar surface area (TPSA) is 74.3 Å². The van der Waals surface area contributed by atoms with Crippen molar-refractivity contribution in [3.05, 3.63) is 297 Å². The molecule has 0 aliphatic rings. The first-order chi connectivity index (χ1) is 46.4. The highest BCUT2D eigenvalue weighted by atomic mass is 15.1. The third-order valence-corrected chi connectivity index (χ3v) is 19.5. The molecule has 16 aromatic carbocycles. The number of aryl methyl sites for hydroxylation is 2. The first-order valence-corrected chi connectivity index (χ1v) is 32.0. The number of para-hydroxylation sites is 3. The van der Waals surface area contributed by atoms with Crippen LogP contribution in [0.25, 0.3) is 199 Å². The lowest BCUT2D eigenvalue weighted by molar-refractivity contribution is 0.959. The summed E-state index contributed by atoms with van der Waals surface area (Å²) in [5, 5.41) is 19.1. The normalized spacial score (nSPS) is 11.9. The maximum absolute atomic E-state index is 5.37. The largest absolute Gasteiger partial charge is 0.327 e. The van der Waals surface area contributed by atoms with Crippen LogP contribution in [0.5, 0.6) is 0 Å². The molecule has 438 valence electrons. The molecule has 0 bridgehead atoms. The molecule has 0 unspecified atom stereocenters. The first kappa shape index (κ1) is 53.4. The molecule has 19 aromatic rings. The molecule has 19 rings (SSSR count). The van der Waals surface area contributed by atoms with Crippen molar-refractivity contribution in [3.8, 4) is 90.3 Å². The van der Waals surface area contributed by atoms with Crippen LogP contribution in [-0.4, -0.2) is 34.1 Å². The molecule has 0 spiro atoms. The quantitative estimate of drug-likeness (QED) is 0.142. The van der Waals surface area contributed by atoms with Gasteiger partial charge in [0.05, 0.1) is 22.1 Å². The average molecular weight is 1200 g/mol. The van der Waals surface area contributed by atoms with Crippen molar-refractivity contribution < 1.29 is 0 Å². The highest BCUT2D eigenvalue weighted by Gasteiger charge is 2.20. The molecule has 7 nitrogen and oxygen atoms in total. The summed E-state index contributed by atoms with van der Waals surface area (Å²) < 4.78 is 4.44.